The van der Waals surface area contributed by atoms with Gasteiger partial charge in [0.2, 0.25) is 0 Å². The fourth-order valence-electron chi connectivity index (χ4n) is 3.32. The molecular formula is C19H25IN5O4PS. The zero-order chi connectivity index (χ0) is 22.8. The number of anilines is 1. The first-order chi connectivity index (χ1) is 14.8. The molecule has 1 aliphatic rings. The number of hydrogen-bond acceptors (Lipinski definition) is 7. The van der Waals surface area contributed by atoms with Crippen molar-refractivity contribution in [2.45, 2.75) is 18.7 Å². The third-order valence-electron chi connectivity index (χ3n) is 4.80. The first-order valence-electron chi connectivity index (χ1n) is 9.80. The normalized spacial score (nSPS) is 14.8. The van der Waals surface area contributed by atoms with E-state index in [1.165, 1.54) is 10.9 Å². The summed E-state index contributed by atoms with van der Waals surface area (Å²) in [7, 11) is -1.76. The van der Waals surface area contributed by atoms with E-state index >= 15 is 0 Å². The highest BCUT2D eigenvalue weighted by molar-refractivity contribution is 14.2. The van der Waals surface area contributed by atoms with Crippen LogP contribution in [0.4, 0.5) is 5.69 Å². The minimum Gasteiger partial charge on any atom is -0.378 e. The predicted molar refractivity (Wildman–Crippen MR) is 133 cm³/mol. The largest absolute Gasteiger partial charge is 0.378 e. The molecule has 1 saturated heterocycles. The summed E-state index contributed by atoms with van der Waals surface area (Å²) in [5.74, 6) is 0. The van der Waals surface area contributed by atoms with Crippen LogP contribution in [0.1, 0.15) is 13.8 Å². The predicted octanol–water partition coefficient (Wildman–Crippen LogP) is 2.85. The Bertz CT molecular complexity index is 1250. The Hall–Kier alpha value is -1.56. The summed E-state index contributed by atoms with van der Waals surface area (Å²) in [6.07, 6.45) is 1.51. The second-order valence-corrected chi connectivity index (χ2v) is 10.8. The molecule has 4 rings (SSSR count). The van der Waals surface area contributed by atoms with E-state index in [0.717, 1.165) is 5.52 Å². The Morgan fingerprint density at radius 1 is 1.13 bits per heavy atom. The van der Waals surface area contributed by atoms with Crippen molar-refractivity contribution in [3.63, 3.8) is 0 Å². The molecule has 0 aliphatic carbocycles. The summed E-state index contributed by atoms with van der Waals surface area (Å²) in [4.78, 5) is 14.9. The molecule has 1 unspecified atom stereocenters. The molecule has 1 fully saturated rings. The number of benzene rings is 1. The van der Waals surface area contributed by atoms with Crippen molar-refractivity contribution in [1.29, 1.82) is 0 Å². The van der Waals surface area contributed by atoms with Gasteiger partial charge in [-0.1, -0.05) is 13.8 Å². The van der Waals surface area contributed by atoms with Crippen LogP contribution in [-0.2, 0) is 21.6 Å². The van der Waals surface area contributed by atoms with Gasteiger partial charge in [-0.2, -0.15) is 10.2 Å². The number of morpholine rings is 1. The third-order valence-corrected chi connectivity index (χ3v) is 7.78. The molecule has 2 aromatic heterocycles. The molecule has 0 bridgehead atoms. The highest BCUT2D eigenvalue weighted by Gasteiger charge is 2.21. The summed E-state index contributed by atoms with van der Waals surface area (Å²) in [5.41, 5.74) is 2.26. The van der Waals surface area contributed by atoms with Gasteiger partial charge in [0.25, 0.3) is 5.56 Å². The topological polar surface area (TPSA) is 99.3 Å². The SMILES string of the molecule is CC.Cn1nc(-c2nn(PI)c3ccc(S(C)(=O)=O)cc23)cc(N2CCOCC2)c1=O. The molecule has 1 aromatic carbocycles. The Kier molecular flexibility index (Phi) is 7.72. The van der Waals surface area contributed by atoms with Crippen molar-refractivity contribution in [2.75, 3.05) is 37.5 Å². The average molecular weight is 577 g/mol. The molecule has 31 heavy (non-hydrogen) atoms. The van der Waals surface area contributed by atoms with Crippen molar-refractivity contribution < 1.29 is 13.2 Å². The van der Waals surface area contributed by atoms with E-state index < -0.39 is 9.84 Å². The Balaban J connectivity index is 0.00000132. The van der Waals surface area contributed by atoms with Crippen molar-refractivity contribution in [2.24, 2.45) is 7.05 Å². The van der Waals surface area contributed by atoms with Gasteiger partial charge in [-0.05, 0) is 46.3 Å². The molecular weight excluding hydrogens is 552 g/mol. The summed E-state index contributed by atoms with van der Waals surface area (Å²) < 4.78 is 32.6. The minimum atomic E-state index is -3.37. The van der Waals surface area contributed by atoms with Gasteiger partial charge in [-0.3, -0.25) is 4.79 Å². The molecule has 3 aromatic rings. The second-order valence-electron chi connectivity index (χ2n) is 6.74. The average Bonchev–Trinajstić information content (AvgIpc) is 3.15. The molecule has 168 valence electrons. The van der Waals surface area contributed by atoms with E-state index in [4.69, 9.17) is 4.74 Å². The molecule has 0 spiro atoms. The number of sulfone groups is 1. The van der Waals surface area contributed by atoms with E-state index in [1.54, 1.807) is 31.3 Å². The van der Waals surface area contributed by atoms with E-state index in [-0.39, 0.29) is 10.5 Å². The van der Waals surface area contributed by atoms with Gasteiger partial charge in [0.05, 0.1) is 30.0 Å². The maximum Gasteiger partial charge on any atom is 0.290 e. The van der Waals surface area contributed by atoms with Gasteiger partial charge in [0.15, 0.2) is 9.84 Å². The van der Waals surface area contributed by atoms with E-state index in [2.05, 4.69) is 32.2 Å². The lowest BCUT2D eigenvalue weighted by Gasteiger charge is -2.28. The molecule has 1 aliphatic heterocycles. The van der Waals surface area contributed by atoms with Gasteiger partial charge in [0, 0.05) is 31.8 Å². The summed E-state index contributed by atoms with van der Waals surface area (Å²) >= 11 is 2.23. The zero-order valence-electron chi connectivity index (χ0n) is 17.8. The molecule has 0 saturated carbocycles. The lowest BCUT2D eigenvalue weighted by molar-refractivity contribution is 0.122. The number of rotatable bonds is 4. The number of hydrogen-bond donors (Lipinski definition) is 0. The first kappa shape index (κ1) is 24.1. The van der Waals surface area contributed by atoms with Crippen LogP contribution in [-0.4, -0.2) is 60.3 Å². The number of aromatic nitrogens is 4. The molecule has 12 heteroatoms. The molecule has 0 N–H and O–H groups in total. The zero-order valence-corrected chi connectivity index (χ0v) is 21.8. The summed E-state index contributed by atoms with van der Waals surface area (Å²) in [6, 6.07) is 6.72. The lowest BCUT2D eigenvalue weighted by atomic mass is 10.1. The fraction of sp³-hybridized carbons (Fsp3) is 0.421. The number of fused-ring (bicyclic) bond motifs is 1. The summed E-state index contributed by atoms with van der Waals surface area (Å²) in [6.45, 7) is 6.38. The standard InChI is InChI=1S/C17H19IN5O4PS.C2H6/c1-21-17(24)15(22-5-7-27-8-6-22)10-13(19-21)16-12-9-11(29(2,25)26)3-4-14(12)23(20-16)28-18;1-2/h3-4,9-10,28H,5-8H2,1-2H3;1-2H3. The van der Waals surface area contributed by atoms with Crippen LogP contribution in [0.5, 0.6) is 0 Å². The Labute approximate surface area is 196 Å². The van der Waals surface area contributed by atoms with Crippen molar-refractivity contribution in [3.05, 3.63) is 34.6 Å². The van der Waals surface area contributed by atoms with Gasteiger partial charge >= 0.3 is 0 Å². The van der Waals surface area contributed by atoms with E-state index in [0.29, 0.717) is 55.1 Å². The van der Waals surface area contributed by atoms with Gasteiger partial charge in [0.1, 0.15) is 17.1 Å². The Morgan fingerprint density at radius 2 is 1.81 bits per heavy atom. The third kappa shape index (κ3) is 4.94. The van der Waals surface area contributed by atoms with Crippen LogP contribution >= 0.6 is 28.4 Å². The van der Waals surface area contributed by atoms with Gasteiger partial charge < -0.3 is 9.64 Å². The smallest absolute Gasteiger partial charge is 0.290 e. The maximum absolute atomic E-state index is 12.7. The fourth-order valence-corrected chi connectivity index (χ4v) is 5.50. The Morgan fingerprint density at radius 3 is 2.42 bits per heavy atom. The molecule has 0 amide bonds. The van der Waals surface area contributed by atoms with Crippen molar-refractivity contribution >= 4 is 54.8 Å². The molecule has 1 atom stereocenters. The highest BCUT2D eigenvalue weighted by Crippen LogP contribution is 2.35. The summed E-state index contributed by atoms with van der Waals surface area (Å²) in [5, 5.41) is 9.76. The molecule has 9 nitrogen and oxygen atoms in total. The molecule has 3 heterocycles. The van der Waals surface area contributed by atoms with Crippen LogP contribution < -0.4 is 10.5 Å². The number of nitrogens with zero attached hydrogens (tertiary/aromatic N) is 5. The number of halogens is 1. The van der Waals surface area contributed by atoms with Crippen molar-refractivity contribution in [3.8, 4) is 11.4 Å². The maximum atomic E-state index is 12.7. The van der Waals surface area contributed by atoms with E-state index in [9.17, 15) is 13.2 Å². The first-order valence-corrected chi connectivity index (χ1v) is 15.8. The monoisotopic (exact) mass is 577 g/mol. The quantitative estimate of drug-likeness (QED) is 0.348. The van der Waals surface area contributed by atoms with Crippen LogP contribution in [0.3, 0.4) is 0 Å². The van der Waals surface area contributed by atoms with Gasteiger partial charge in [-0.25, -0.2) is 17.6 Å². The van der Waals surface area contributed by atoms with Crippen LogP contribution in [0.2, 0.25) is 0 Å². The van der Waals surface area contributed by atoms with E-state index in [1.807, 2.05) is 23.2 Å². The molecule has 0 radical (unpaired) electrons. The second kappa shape index (κ2) is 9.93. The highest BCUT2D eigenvalue weighted by atomic mass is 127. The van der Waals surface area contributed by atoms with Crippen LogP contribution in [0.15, 0.2) is 34.0 Å². The lowest BCUT2D eigenvalue weighted by Crippen LogP contribution is -2.40. The van der Waals surface area contributed by atoms with Crippen LogP contribution in [0.25, 0.3) is 22.3 Å². The number of aryl methyl sites for hydroxylation is 1. The van der Waals surface area contributed by atoms with Gasteiger partial charge in [-0.15, -0.1) is 0 Å². The van der Waals surface area contributed by atoms with Crippen LogP contribution in [0, 0.1) is 0 Å². The van der Waals surface area contributed by atoms with Crippen molar-refractivity contribution in [1.82, 2.24) is 19.3 Å². The minimum absolute atomic E-state index is 0.188. The number of ether oxygens (including phenoxy) is 1.